The molecule has 1 aliphatic heterocycles. The number of halogens is 1. The Morgan fingerprint density at radius 2 is 1.84 bits per heavy atom. The maximum Gasteiger partial charge on any atom is 0.289 e. The standard InChI is InChI=1S/C24H24ClN3O4/c1-16-5-3-6-18(22(16)31-2)23(29)26-17-8-9-20(19(25)15-17)27-10-12-28(13-11-27)24(30)21-7-4-14-32-21/h3-9,14-15H,10-13H2,1-2H3,(H,26,29). The van der Waals surface area contributed by atoms with Crippen LogP contribution in [0.5, 0.6) is 5.75 Å². The summed E-state index contributed by atoms with van der Waals surface area (Å²) in [5, 5.41) is 3.42. The van der Waals surface area contributed by atoms with Gasteiger partial charge < -0.3 is 24.3 Å². The van der Waals surface area contributed by atoms with E-state index in [1.165, 1.54) is 6.26 Å². The van der Waals surface area contributed by atoms with Gasteiger partial charge in [0.25, 0.3) is 11.8 Å². The van der Waals surface area contributed by atoms with Crippen LogP contribution in [0.25, 0.3) is 0 Å². The summed E-state index contributed by atoms with van der Waals surface area (Å²) in [7, 11) is 1.55. The second-order valence-corrected chi connectivity index (χ2v) is 7.94. The second-order valence-electron chi connectivity index (χ2n) is 7.53. The lowest BCUT2D eigenvalue weighted by atomic mass is 10.1. The van der Waals surface area contributed by atoms with Crippen molar-refractivity contribution in [3.63, 3.8) is 0 Å². The second kappa shape index (κ2) is 9.36. The van der Waals surface area contributed by atoms with E-state index in [-0.39, 0.29) is 11.8 Å². The molecule has 0 atom stereocenters. The van der Waals surface area contributed by atoms with Gasteiger partial charge in [-0.2, -0.15) is 0 Å². The Hall–Kier alpha value is -3.45. The molecule has 1 saturated heterocycles. The summed E-state index contributed by atoms with van der Waals surface area (Å²) in [5.41, 5.74) is 2.81. The fourth-order valence-electron chi connectivity index (χ4n) is 3.85. The summed E-state index contributed by atoms with van der Waals surface area (Å²) in [6.07, 6.45) is 1.50. The molecule has 4 rings (SSSR count). The number of hydrogen-bond donors (Lipinski definition) is 1. The van der Waals surface area contributed by atoms with Gasteiger partial charge in [0.1, 0.15) is 5.75 Å². The third-order valence-electron chi connectivity index (χ3n) is 5.51. The van der Waals surface area contributed by atoms with E-state index in [2.05, 4.69) is 10.2 Å². The van der Waals surface area contributed by atoms with Crippen molar-refractivity contribution in [3.8, 4) is 5.75 Å². The first-order valence-corrected chi connectivity index (χ1v) is 10.7. The van der Waals surface area contributed by atoms with Gasteiger partial charge in [-0.1, -0.05) is 23.7 Å². The molecule has 0 saturated carbocycles. The third-order valence-corrected chi connectivity index (χ3v) is 5.81. The molecule has 0 radical (unpaired) electrons. The van der Waals surface area contributed by atoms with Gasteiger partial charge >= 0.3 is 0 Å². The largest absolute Gasteiger partial charge is 0.496 e. The Morgan fingerprint density at radius 1 is 1.06 bits per heavy atom. The SMILES string of the molecule is COc1c(C)cccc1C(=O)Nc1ccc(N2CCN(C(=O)c3ccco3)CC2)c(Cl)c1. The van der Waals surface area contributed by atoms with E-state index in [1.54, 1.807) is 36.3 Å². The van der Waals surface area contributed by atoms with E-state index in [0.29, 0.717) is 54.0 Å². The first kappa shape index (κ1) is 21.8. The monoisotopic (exact) mass is 453 g/mol. The molecule has 0 aliphatic carbocycles. The summed E-state index contributed by atoms with van der Waals surface area (Å²) < 4.78 is 10.6. The van der Waals surface area contributed by atoms with Gasteiger partial charge in [-0.25, -0.2) is 0 Å². The van der Waals surface area contributed by atoms with Gasteiger partial charge in [-0.15, -0.1) is 0 Å². The number of aryl methyl sites for hydroxylation is 1. The number of rotatable bonds is 5. The number of amides is 2. The zero-order valence-electron chi connectivity index (χ0n) is 17.9. The summed E-state index contributed by atoms with van der Waals surface area (Å²) in [6.45, 7) is 4.34. The summed E-state index contributed by atoms with van der Waals surface area (Å²) >= 11 is 6.54. The van der Waals surface area contributed by atoms with Crippen molar-refractivity contribution in [2.75, 3.05) is 43.5 Å². The van der Waals surface area contributed by atoms with Crippen LogP contribution in [0.15, 0.2) is 59.2 Å². The molecule has 0 unspecified atom stereocenters. The van der Waals surface area contributed by atoms with Crippen molar-refractivity contribution in [1.29, 1.82) is 0 Å². The number of furan rings is 1. The third kappa shape index (κ3) is 4.43. The zero-order valence-corrected chi connectivity index (χ0v) is 18.7. The highest BCUT2D eigenvalue weighted by Crippen LogP contribution is 2.31. The van der Waals surface area contributed by atoms with Crippen LogP contribution in [0, 0.1) is 6.92 Å². The van der Waals surface area contributed by atoms with Crippen LogP contribution in [0.3, 0.4) is 0 Å². The number of carbonyl (C=O) groups is 2. The van der Waals surface area contributed by atoms with Gasteiger partial charge in [0.15, 0.2) is 5.76 Å². The van der Waals surface area contributed by atoms with Crippen LogP contribution < -0.4 is 15.0 Å². The normalized spacial score (nSPS) is 13.7. The van der Waals surface area contributed by atoms with Gasteiger partial charge in [0, 0.05) is 31.9 Å². The van der Waals surface area contributed by atoms with Gasteiger partial charge in [0.05, 0.1) is 29.6 Å². The van der Waals surface area contributed by atoms with Crippen LogP contribution >= 0.6 is 11.6 Å². The average Bonchev–Trinajstić information content (AvgIpc) is 3.34. The molecule has 7 nitrogen and oxygen atoms in total. The quantitative estimate of drug-likeness (QED) is 0.617. The molecule has 1 N–H and O–H groups in total. The molecule has 2 amide bonds. The molecule has 0 spiro atoms. The van der Waals surface area contributed by atoms with Crippen LogP contribution in [0.4, 0.5) is 11.4 Å². The van der Waals surface area contributed by atoms with Crippen LogP contribution in [0.2, 0.25) is 5.02 Å². The smallest absolute Gasteiger partial charge is 0.289 e. The molecule has 8 heteroatoms. The van der Waals surface area contributed by atoms with Gasteiger partial charge in [-0.3, -0.25) is 9.59 Å². The van der Waals surface area contributed by atoms with Crippen LogP contribution in [-0.4, -0.2) is 50.0 Å². The summed E-state index contributed by atoms with van der Waals surface area (Å²) in [5.74, 6) is 0.529. The van der Waals surface area contributed by atoms with Crippen molar-refractivity contribution in [3.05, 3.63) is 76.7 Å². The molecular weight excluding hydrogens is 430 g/mol. The minimum Gasteiger partial charge on any atom is -0.496 e. The topological polar surface area (TPSA) is 75.0 Å². The van der Waals surface area contributed by atoms with E-state index >= 15 is 0 Å². The number of para-hydroxylation sites is 1. The number of methoxy groups -OCH3 is 1. The van der Waals surface area contributed by atoms with Crippen molar-refractivity contribution in [2.24, 2.45) is 0 Å². The molecule has 166 valence electrons. The number of carbonyl (C=O) groups excluding carboxylic acids is 2. The Morgan fingerprint density at radius 3 is 2.50 bits per heavy atom. The Kier molecular flexibility index (Phi) is 6.37. The lowest BCUT2D eigenvalue weighted by Crippen LogP contribution is -2.48. The Bertz CT molecular complexity index is 1120. The lowest BCUT2D eigenvalue weighted by molar-refractivity contribution is 0.0714. The molecule has 1 fully saturated rings. The number of piperazine rings is 1. The molecular formula is C24H24ClN3O4. The predicted octanol–water partition coefficient (Wildman–Crippen LogP) is 4.46. The van der Waals surface area contributed by atoms with Crippen molar-refractivity contribution >= 4 is 34.8 Å². The molecule has 0 bridgehead atoms. The summed E-state index contributed by atoms with van der Waals surface area (Å²) in [6, 6.07) is 14.3. The minimum atomic E-state index is -0.264. The number of anilines is 2. The van der Waals surface area contributed by atoms with E-state index in [4.69, 9.17) is 20.8 Å². The number of ether oxygens (including phenoxy) is 1. The molecule has 1 aliphatic rings. The summed E-state index contributed by atoms with van der Waals surface area (Å²) in [4.78, 5) is 29.1. The average molecular weight is 454 g/mol. The maximum atomic E-state index is 12.8. The highest BCUT2D eigenvalue weighted by atomic mass is 35.5. The van der Waals surface area contributed by atoms with Crippen molar-refractivity contribution in [1.82, 2.24) is 4.90 Å². The lowest BCUT2D eigenvalue weighted by Gasteiger charge is -2.36. The zero-order chi connectivity index (χ0) is 22.7. The molecule has 2 heterocycles. The maximum absolute atomic E-state index is 12.8. The number of hydrogen-bond acceptors (Lipinski definition) is 5. The van der Waals surface area contributed by atoms with Crippen LogP contribution in [-0.2, 0) is 0 Å². The fraction of sp³-hybridized carbons (Fsp3) is 0.250. The van der Waals surface area contributed by atoms with Gasteiger partial charge in [-0.05, 0) is 48.9 Å². The first-order chi connectivity index (χ1) is 15.5. The van der Waals surface area contributed by atoms with E-state index in [1.807, 2.05) is 31.2 Å². The Labute approximate surface area is 191 Å². The number of nitrogens with one attached hydrogen (secondary N) is 1. The highest BCUT2D eigenvalue weighted by Gasteiger charge is 2.25. The Balaban J connectivity index is 1.41. The van der Waals surface area contributed by atoms with E-state index < -0.39 is 0 Å². The van der Waals surface area contributed by atoms with Crippen molar-refractivity contribution in [2.45, 2.75) is 6.92 Å². The van der Waals surface area contributed by atoms with Crippen LogP contribution in [0.1, 0.15) is 26.5 Å². The minimum absolute atomic E-state index is 0.106. The predicted molar refractivity (Wildman–Crippen MR) is 124 cm³/mol. The first-order valence-electron chi connectivity index (χ1n) is 10.3. The molecule has 2 aromatic carbocycles. The molecule has 32 heavy (non-hydrogen) atoms. The molecule has 3 aromatic rings. The van der Waals surface area contributed by atoms with Crippen molar-refractivity contribution < 1.29 is 18.7 Å². The fourth-order valence-corrected chi connectivity index (χ4v) is 4.15. The van der Waals surface area contributed by atoms with Gasteiger partial charge in [0.2, 0.25) is 0 Å². The molecule has 1 aromatic heterocycles. The highest BCUT2D eigenvalue weighted by molar-refractivity contribution is 6.33. The number of nitrogens with zero attached hydrogens (tertiary/aromatic N) is 2. The van der Waals surface area contributed by atoms with E-state index in [0.717, 1.165) is 11.3 Å². The van der Waals surface area contributed by atoms with E-state index in [9.17, 15) is 9.59 Å². The number of benzene rings is 2.